The van der Waals surface area contributed by atoms with E-state index < -0.39 is 42.5 Å². The van der Waals surface area contributed by atoms with Crippen LogP contribution in [0.1, 0.15) is 0 Å². The normalized spacial score (nSPS) is 18.0. The first kappa shape index (κ1) is 19.5. The van der Waals surface area contributed by atoms with Crippen molar-refractivity contribution < 1.29 is 53.7 Å². The topological polar surface area (TPSA) is 29.5 Å². The zero-order chi connectivity index (χ0) is 16.6. The summed E-state index contributed by atoms with van der Waals surface area (Å²) >= 11 is 4.30. The van der Waals surface area contributed by atoms with Crippen LogP contribution in [0.3, 0.4) is 0 Å². The van der Waals surface area contributed by atoms with Crippen LogP contribution in [0.15, 0.2) is 0 Å². The van der Waals surface area contributed by atoms with E-state index in [0.717, 1.165) is 0 Å². The summed E-state index contributed by atoms with van der Waals surface area (Å²) in [6.07, 6.45) is -12.2. The van der Waals surface area contributed by atoms with Gasteiger partial charge in [-0.2, -0.15) is 39.5 Å². The van der Waals surface area contributed by atoms with Gasteiger partial charge in [0, 0.05) is 0 Å². The van der Waals surface area contributed by atoms with E-state index in [1.54, 1.807) is 0 Å². The molecule has 0 saturated heterocycles. The summed E-state index contributed by atoms with van der Waals surface area (Å²) in [4.78, 5) is 0. The Morgan fingerprint density at radius 1 is 0.850 bits per heavy atom. The minimum Gasteiger partial charge on any atom is -0.391 e. The van der Waals surface area contributed by atoms with E-state index in [9.17, 15) is 43.9 Å². The molecule has 2 nitrogen and oxygen atoms in total. The monoisotopic (exact) mass is 346 g/mol. The molecule has 1 unspecified atom stereocenters. The number of ether oxygens (including phenoxy) is 1. The van der Waals surface area contributed by atoms with Gasteiger partial charge in [0.1, 0.15) is 13.2 Å². The van der Waals surface area contributed by atoms with E-state index in [1.165, 1.54) is 0 Å². The van der Waals surface area contributed by atoms with Crippen LogP contribution in [-0.2, 0) is 4.74 Å². The maximum Gasteiger partial charge on any atom is 0.459 e. The van der Waals surface area contributed by atoms with Crippen LogP contribution in [-0.4, -0.2) is 47.6 Å². The van der Waals surface area contributed by atoms with E-state index in [4.69, 9.17) is 5.11 Å². The number of aliphatic hydroxyl groups excluding tert-OH is 1. The summed E-state index contributed by atoms with van der Waals surface area (Å²) < 4.78 is 125. The summed E-state index contributed by atoms with van der Waals surface area (Å²) in [5.41, 5.74) is 0. The molecule has 0 amide bonds. The van der Waals surface area contributed by atoms with Crippen molar-refractivity contribution in [3.63, 3.8) is 0 Å². The Labute approximate surface area is 109 Å². The lowest BCUT2D eigenvalue weighted by Crippen LogP contribution is -2.56. The predicted octanol–water partition coefficient (Wildman–Crippen LogP) is 3.33. The zero-order valence-corrected chi connectivity index (χ0v) is 9.68. The van der Waals surface area contributed by atoms with Crippen LogP contribution in [0.25, 0.3) is 0 Å². The third kappa shape index (κ3) is 3.58. The SMILES string of the molecule is OCC(F)(Cl)C(F)(F)OCC(F)(F)C(F)(F)C(F)(F)F. The Balaban J connectivity index is 5.07. The van der Waals surface area contributed by atoms with Gasteiger partial charge in [0.05, 0.1) is 0 Å². The van der Waals surface area contributed by atoms with Crippen LogP contribution in [0, 0.1) is 0 Å². The molecule has 122 valence electrons. The summed E-state index contributed by atoms with van der Waals surface area (Å²) in [5, 5.41) is 3.59. The molecule has 0 aromatic rings. The number of hydrogen-bond donors (Lipinski definition) is 1. The highest BCUT2D eigenvalue weighted by Crippen LogP contribution is 2.47. The predicted molar refractivity (Wildman–Crippen MR) is 43.6 cm³/mol. The Bertz CT molecular complexity index is 339. The minimum absolute atomic E-state index is 2.18. The van der Waals surface area contributed by atoms with Gasteiger partial charge >= 0.3 is 24.1 Å². The van der Waals surface area contributed by atoms with Crippen molar-refractivity contribution in [1.82, 2.24) is 0 Å². The Kier molecular flexibility index (Phi) is 5.24. The molecule has 0 bridgehead atoms. The molecule has 13 heteroatoms. The number of alkyl halides is 11. The van der Waals surface area contributed by atoms with Gasteiger partial charge in [-0.15, -0.1) is 0 Å². The molecule has 0 aromatic carbocycles. The van der Waals surface area contributed by atoms with Gasteiger partial charge in [0.15, 0.2) is 0 Å². The highest BCUT2D eigenvalue weighted by molar-refractivity contribution is 6.23. The largest absolute Gasteiger partial charge is 0.459 e. The van der Waals surface area contributed by atoms with Crippen LogP contribution in [0.5, 0.6) is 0 Å². The summed E-state index contributed by atoms with van der Waals surface area (Å²) in [5.74, 6) is -12.8. The summed E-state index contributed by atoms with van der Waals surface area (Å²) in [6.45, 7) is -5.37. The Hall–Kier alpha value is -0.490. The molecule has 0 aliphatic carbocycles. The second kappa shape index (κ2) is 5.37. The lowest BCUT2D eigenvalue weighted by Gasteiger charge is -2.31. The third-order valence-corrected chi connectivity index (χ3v) is 2.21. The minimum atomic E-state index is -6.75. The molecule has 0 aliphatic heterocycles. The molecule has 1 N–H and O–H groups in total. The molecular formula is C7H5ClF10O2. The van der Waals surface area contributed by atoms with Gasteiger partial charge in [0.2, 0.25) is 0 Å². The van der Waals surface area contributed by atoms with Crippen LogP contribution >= 0.6 is 11.6 Å². The molecule has 20 heavy (non-hydrogen) atoms. The lowest BCUT2D eigenvalue weighted by molar-refractivity contribution is -0.382. The quantitative estimate of drug-likeness (QED) is 0.590. The van der Waals surface area contributed by atoms with Gasteiger partial charge in [-0.05, 0) is 0 Å². The highest BCUT2D eigenvalue weighted by atomic mass is 35.5. The van der Waals surface area contributed by atoms with Gasteiger partial charge in [-0.3, -0.25) is 0 Å². The smallest absolute Gasteiger partial charge is 0.391 e. The fraction of sp³-hybridized carbons (Fsp3) is 1.00. The van der Waals surface area contributed by atoms with Crippen LogP contribution in [0.4, 0.5) is 43.9 Å². The van der Waals surface area contributed by atoms with E-state index in [1.807, 2.05) is 0 Å². The third-order valence-electron chi connectivity index (χ3n) is 1.87. The van der Waals surface area contributed by atoms with Gasteiger partial charge in [0.25, 0.3) is 5.13 Å². The second-order valence-electron chi connectivity index (χ2n) is 3.44. The average Bonchev–Trinajstić information content (AvgIpc) is 2.24. The molecular weight excluding hydrogens is 342 g/mol. The first-order valence-electron chi connectivity index (χ1n) is 4.34. The molecule has 0 heterocycles. The van der Waals surface area contributed by atoms with E-state index in [-0.39, 0.29) is 0 Å². The van der Waals surface area contributed by atoms with Crippen molar-refractivity contribution in [3.8, 4) is 0 Å². The highest BCUT2D eigenvalue weighted by Gasteiger charge is 2.73. The molecule has 0 saturated carbocycles. The van der Waals surface area contributed by atoms with Crippen molar-refractivity contribution in [2.75, 3.05) is 13.2 Å². The molecule has 0 spiro atoms. The Morgan fingerprint density at radius 2 is 1.25 bits per heavy atom. The first-order valence-corrected chi connectivity index (χ1v) is 4.72. The Morgan fingerprint density at radius 3 is 1.55 bits per heavy atom. The van der Waals surface area contributed by atoms with Crippen LogP contribution < -0.4 is 0 Å². The molecule has 0 aromatic heterocycles. The van der Waals surface area contributed by atoms with Crippen molar-refractivity contribution in [2.24, 2.45) is 0 Å². The standard InChI is InChI=1S/C7H5ClF10O2/c8-3(9,1-19)7(17,18)20-2-4(10,11)5(12,13)6(14,15)16/h19H,1-2H2. The lowest BCUT2D eigenvalue weighted by atomic mass is 10.2. The number of rotatable bonds is 6. The fourth-order valence-corrected chi connectivity index (χ4v) is 0.731. The van der Waals surface area contributed by atoms with E-state index in [0.29, 0.717) is 0 Å². The van der Waals surface area contributed by atoms with Gasteiger partial charge < -0.3 is 9.84 Å². The first-order chi connectivity index (χ1) is 8.52. The van der Waals surface area contributed by atoms with E-state index in [2.05, 4.69) is 16.3 Å². The maximum atomic E-state index is 12.7. The fourth-order valence-electron chi connectivity index (χ4n) is 0.677. The van der Waals surface area contributed by atoms with Crippen molar-refractivity contribution in [1.29, 1.82) is 0 Å². The number of hydrogen-bond acceptors (Lipinski definition) is 2. The van der Waals surface area contributed by atoms with Crippen molar-refractivity contribution >= 4 is 11.6 Å². The molecule has 0 rings (SSSR count). The molecule has 0 radical (unpaired) electrons. The number of halogens is 11. The van der Waals surface area contributed by atoms with Crippen LogP contribution in [0.2, 0.25) is 0 Å². The molecule has 1 atom stereocenters. The zero-order valence-electron chi connectivity index (χ0n) is 8.93. The summed E-state index contributed by atoms with van der Waals surface area (Å²) in [6, 6.07) is 0. The van der Waals surface area contributed by atoms with Gasteiger partial charge in [-0.1, -0.05) is 11.6 Å². The van der Waals surface area contributed by atoms with Gasteiger partial charge in [-0.25, -0.2) is 4.39 Å². The second-order valence-corrected chi connectivity index (χ2v) is 4.04. The number of aliphatic hydroxyl groups is 1. The van der Waals surface area contributed by atoms with E-state index >= 15 is 0 Å². The van der Waals surface area contributed by atoms with Crippen molar-refractivity contribution in [2.45, 2.75) is 29.3 Å². The maximum absolute atomic E-state index is 12.7. The van der Waals surface area contributed by atoms with Crippen molar-refractivity contribution in [3.05, 3.63) is 0 Å². The average molecular weight is 347 g/mol. The molecule has 0 fully saturated rings. The summed E-state index contributed by atoms with van der Waals surface area (Å²) in [7, 11) is 0. The molecule has 0 aliphatic rings.